The zero-order chi connectivity index (χ0) is 6.85. The van der Waals surface area contributed by atoms with Crippen LogP contribution in [0.5, 0.6) is 0 Å². The van der Waals surface area contributed by atoms with Crippen LogP contribution in [0.25, 0.3) is 0 Å². The minimum Gasteiger partial charge on any atom is -0.369 e. The highest BCUT2D eigenvalue weighted by molar-refractivity contribution is 5.77. The third-order valence-corrected chi connectivity index (χ3v) is 1.93. The second kappa shape index (κ2) is 2.35. The van der Waals surface area contributed by atoms with Gasteiger partial charge < -0.3 is 11.5 Å². The van der Waals surface area contributed by atoms with Crippen molar-refractivity contribution in [1.29, 1.82) is 0 Å². The Labute approximate surface area is 54.4 Å². The first-order valence-corrected chi connectivity index (χ1v) is 3.26. The largest absolute Gasteiger partial charge is 0.369 e. The van der Waals surface area contributed by atoms with Gasteiger partial charge in [-0.25, -0.2) is 0 Å². The van der Waals surface area contributed by atoms with Gasteiger partial charge in [-0.05, 0) is 12.8 Å². The molecular weight excluding hydrogens is 116 g/mol. The van der Waals surface area contributed by atoms with Crippen molar-refractivity contribution in [2.45, 2.75) is 25.3 Å². The van der Waals surface area contributed by atoms with Crippen molar-refractivity contribution in [1.82, 2.24) is 0 Å². The van der Waals surface area contributed by atoms with Gasteiger partial charge in [0.1, 0.15) is 0 Å². The maximum atomic E-state index is 10.6. The van der Waals surface area contributed by atoms with Crippen molar-refractivity contribution >= 4 is 5.91 Å². The van der Waals surface area contributed by atoms with E-state index < -0.39 is 0 Å². The predicted octanol–water partition coefficient (Wildman–Crippen LogP) is -0.401. The van der Waals surface area contributed by atoms with Crippen molar-refractivity contribution < 1.29 is 4.79 Å². The fourth-order valence-corrected chi connectivity index (χ4v) is 1.34. The van der Waals surface area contributed by atoms with E-state index in [1.807, 2.05) is 0 Å². The van der Waals surface area contributed by atoms with Crippen LogP contribution in [-0.2, 0) is 4.79 Å². The Morgan fingerprint density at radius 2 is 2.11 bits per heavy atom. The first kappa shape index (κ1) is 6.55. The zero-order valence-corrected chi connectivity index (χ0v) is 5.34. The molecule has 0 aromatic rings. The second-order valence-electron chi connectivity index (χ2n) is 2.60. The molecule has 1 unspecified atom stereocenters. The van der Waals surface area contributed by atoms with Crippen LogP contribution >= 0.6 is 0 Å². The van der Waals surface area contributed by atoms with E-state index in [2.05, 4.69) is 0 Å². The molecule has 1 rings (SSSR count). The molecule has 2 atom stereocenters. The predicted molar refractivity (Wildman–Crippen MR) is 34.5 cm³/mol. The lowest BCUT2D eigenvalue weighted by atomic mass is 10.0. The molecule has 0 aromatic carbocycles. The van der Waals surface area contributed by atoms with Crippen LogP contribution in [0.15, 0.2) is 0 Å². The van der Waals surface area contributed by atoms with Crippen LogP contribution in [0.2, 0.25) is 0 Å². The monoisotopic (exact) mass is 128 g/mol. The third kappa shape index (κ3) is 1.21. The molecule has 1 fully saturated rings. The molecule has 0 spiro atoms. The third-order valence-electron chi connectivity index (χ3n) is 1.93. The average Bonchev–Trinajstić information content (AvgIpc) is 2.13. The van der Waals surface area contributed by atoms with Crippen molar-refractivity contribution in [3.8, 4) is 0 Å². The Morgan fingerprint density at radius 1 is 1.44 bits per heavy atom. The first-order valence-electron chi connectivity index (χ1n) is 3.26. The van der Waals surface area contributed by atoms with E-state index in [-0.39, 0.29) is 17.9 Å². The highest BCUT2D eigenvalue weighted by Crippen LogP contribution is 2.22. The lowest BCUT2D eigenvalue weighted by molar-refractivity contribution is -0.121. The number of hydrogen-bond donors (Lipinski definition) is 2. The van der Waals surface area contributed by atoms with Crippen molar-refractivity contribution in [3.63, 3.8) is 0 Å². The summed E-state index contributed by atoms with van der Waals surface area (Å²) in [4.78, 5) is 10.6. The molecule has 0 bridgehead atoms. The molecule has 0 aromatic heterocycles. The normalized spacial score (nSPS) is 34.8. The van der Waals surface area contributed by atoms with E-state index >= 15 is 0 Å². The highest BCUT2D eigenvalue weighted by atomic mass is 16.1. The summed E-state index contributed by atoms with van der Waals surface area (Å²) in [6.45, 7) is 0. The van der Waals surface area contributed by atoms with E-state index in [1.54, 1.807) is 0 Å². The van der Waals surface area contributed by atoms with Crippen molar-refractivity contribution in [2.24, 2.45) is 17.4 Å². The number of nitrogens with two attached hydrogens (primary N) is 2. The van der Waals surface area contributed by atoms with Crippen LogP contribution < -0.4 is 11.5 Å². The van der Waals surface area contributed by atoms with E-state index in [9.17, 15) is 4.79 Å². The van der Waals surface area contributed by atoms with Crippen LogP contribution in [0, 0.1) is 5.92 Å². The second-order valence-corrected chi connectivity index (χ2v) is 2.60. The number of rotatable bonds is 1. The van der Waals surface area contributed by atoms with Gasteiger partial charge in [0.15, 0.2) is 0 Å². The zero-order valence-electron chi connectivity index (χ0n) is 5.34. The van der Waals surface area contributed by atoms with Gasteiger partial charge in [0.05, 0.1) is 5.92 Å². The van der Waals surface area contributed by atoms with Gasteiger partial charge in [-0.3, -0.25) is 4.79 Å². The van der Waals surface area contributed by atoms with Gasteiger partial charge >= 0.3 is 0 Å². The molecule has 0 aliphatic heterocycles. The van der Waals surface area contributed by atoms with Gasteiger partial charge in [-0.15, -0.1) is 0 Å². The summed E-state index contributed by atoms with van der Waals surface area (Å²) < 4.78 is 0. The molecule has 3 nitrogen and oxygen atoms in total. The number of carbonyl (C=O) groups is 1. The van der Waals surface area contributed by atoms with E-state index in [0.29, 0.717) is 0 Å². The van der Waals surface area contributed by atoms with Crippen LogP contribution in [0.3, 0.4) is 0 Å². The Hall–Kier alpha value is -0.570. The molecule has 1 aliphatic carbocycles. The number of hydrogen-bond acceptors (Lipinski definition) is 2. The number of carbonyl (C=O) groups excluding carboxylic acids is 1. The smallest absolute Gasteiger partial charge is 0.222 e. The molecule has 4 N–H and O–H groups in total. The molecule has 0 heterocycles. The molecule has 0 radical (unpaired) electrons. The number of primary amides is 1. The fourth-order valence-electron chi connectivity index (χ4n) is 1.34. The summed E-state index contributed by atoms with van der Waals surface area (Å²) in [5.74, 6) is -0.287. The molecule has 3 heteroatoms. The molecule has 52 valence electrons. The Bertz CT molecular complexity index is 124. The molecule has 1 aliphatic rings. The maximum Gasteiger partial charge on any atom is 0.222 e. The van der Waals surface area contributed by atoms with Gasteiger partial charge in [-0.1, -0.05) is 6.42 Å². The summed E-state index contributed by atoms with van der Waals surface area (Å²) in [7, 11) is 0. The average molecular weight is 128 g/mol. The summed E-state index contributed by atoms with van der Waals surface area (Å²) in [6, 6.07) is 0.0301. The fraction of sp³-hybridized carbons (Fsp3) is 0.833. The first-order chi connectivity index (χ1) is 4.22. The summed E-state index contributed by atoms with van der Waals surface area (Å²) in [5, 5.41) is 0. The van der Waals surface area contributed by atoms with Gasteiger partial charge in [0.2, 0.25) is 5.91 Å². The van der Waals surface area contributed by atoms with Crippen LogP contribution in [-0.4, -0.2) is 11.9 Å². The van der Waals surface area contributed by atoms with Crippen LogP contribution in [0.1, 0.15) is 19.3 Å². The van der Waals surface area contributed by atoms with E-state index in [4.69, 9.17) is 11.5 Å². The van der Waals surface area contributed by atoms with Gasteiger partial charge in [-0.2, -0.15) is 0 Å². The van der Waals surface area contributed by atoms with Crippen LogP contribution in [0.4, 0.5) is 0 Å². The maximum absolute atomic E-state index is 10.6. The lowest BCUT2D eigenvalue weighted by Crippen LogP contribution is -2.34. The Balaban J connectivity index is 2.49. The number of amides is 1. The van der Waals surface area contributed by atoms with E-state index in [0.717, 1.165) is 19.3 Å². The quantitative estimate of drug-likeness (QED) is 0.504. The SMILES string of the molecule is NC(=O)C1CCC[C@H]1N. The lowest BCUT2D eigenvalue weighted by Gasteiger charge is -2.08. The standard InChI is InChI=1S/C6H12N2O/c7-5-3-1-2-4(5)6(8)9/h4-5H,1-3,7H2,(H2,8,9)/t4?,5-/m1/s1. The topological polar surface area (TPSA) is 69.1 Å². The molecule has 1 amide bonds. The van der Waals surface area contributed by atoms with Crippen molar-refractivity contribution in [3.05, 3.63) is 0 Å². The minimum absolute atomic E-state index is 0.0301. The highest BCUT2D eigenvalue weighted by Gasteiger charge is 2.27. The summed E-state index contributed by atoms with van der Waals surface area (Å²) >= 11 is 0. The summed E-state index contributed by atoms with van der Waals surface area (Å²) in [5.41, 5.74) is 10.6. The Kier molecular flexibility index (Phi) is 1.71. The minimum atomic E-state index is -0.236. The molecular formula is C6H12N2O. The van der Waals surface area contributed by atoms with Gasteiger partial charge in [0.25, 0.3) is 0 Å². The molecule has 9 heavy (non-hydrogen) atoms. The summed E-state index contributed by atoms with van der Waals surface area (Å²) in [6.07, 6.45) is 2.89. The Morgan fingerprint density at radius 3 is 2.33 bits per heavy atom. The molecule has 1 saturated carbocycles. The van der Waals surface area contributed by atoms with Crippen molar-refractivity contribution in [2.75, 3.05) is 0 Å². The molecule has 0 saturated heterocycles. The van der Waals surface area contributed by atoms with Gasteiger partial charge in [0, 0.05) is 6.04 Å². The van der Waals surface area contributed by atoms with E-state index in [1.165, 1.54) is 0 Å².